The molecular formula is C19H16F6N2O3. The fraction of sp³-hybridized carbons (Fsp3) is 0.211. The average Bonchev–Trinajstić information content (AvgIpc) is 2.65. The number of benzene rings is 2. The molecule has 11 heteroatoms. The molecule has 0 atom stereocenters. The quantitative estimate of drug-likeness (QED) is 0.381. The summed E-state index contributed by atoms with van der Waals surface area (Å²) in [4.78, 5) is 12.0. The van der Waals surface area contributed by atoms with Crippen LogP contribution in [0.25, 0.3) is 12.2 Å². The Morgan fingerprint density at radius 1 is 1.00 bits per heavy atom. The second-order valence-electron chi connectivity index (χ2n) is 5.83. The van der Waals surface area contributed by atoms with Crippen molar-refractivity contribution in [1.29, 1.82) is 0 Å². The van der Waals surface area contributed by atoms with Gasteiger partial charge in [-0.1, -0.05) is 24.3 Å². The van der Waals surface area contributed by atoms with Crippen molar-refractivity contribution in [3.05, 3.63) is 59.2 Å². The highest BCUT2D eigenvalue weighted by Crippen LogP contribution is 2.25. The fourth-order valence-electron chi connectivity index (χ4n) is 2.27. The maximum absolute atomic E-state index is 12.2. The molecule has 0 aliphatic heterocycles. The highest BCUT2D eigenvalue weighted by Gasteiger charge is 2.31. The molecule has 0 saturated carbocycles. The van der Waals surface area contributed by atoms with Gasteiger partial charge in [0.1, 0.15) is 18.0 Å². The molecule has 0 aliphatic carbocycles. The second-order valence-corrected chi connectivity index (χ2v) is 5.83. The minimum Gasteiger partial charge on any atom is -0.496 e. The van der Waals surface area contributed by atoms with Crippen molar-refractivity contribution in [2.75, 3.05) is 13.7 Å². The molecule has 2 aromatic carbocycles. The number of ether oxygens (including phenoxy) is 2. The summed E-state index contributed by atoms with van der Waals surface area (Å²) in [6.07, 6.45) is -6.18. The summed E-state index contributed by atoms with van der Waals surface area (Å²) >= 11 is 0. The van der Waals surface area contributed by atoms with Crippen LogP contribution in [0, 0.1) is 0 Å². The van der Waals surface area contributed by atoms with Crippen molar-refractivity contribution in [2.24, 2.45) is 0 Å². The summed E-state index contributed by atoms with van der Waals surface area (Å²) in [6.45, 7) is -1.39. The molecule has 0 spiro atoms. The number of hydrazine groups is 1. The minimum atomic E-state index is -4.79. The molecule has 0 unspecified atom stereocenters. The number of carbonyl (C=O) groups excluding carboxylic acids is 1. The van der Waals surface area contributed by atoms with Gasteiger partial charge in [0.15, 0.2) is 0 Å². The van der Waals surface area contributed by atoms with Crippen LogP contribution in [-0.4, -0.2) is 32.1 Å². The summed E-state index contributed by atoms with van der Waals surface area (Å²) in [6, 6.07) is 9.27. The Morgan fingerprint density at radius 2 is 1.67 bits per heavy atom. The third-order valence-corrected chi connectivity index (χ3v) is 3.55. The van der Waals surface area contributed by atoms with Crippen LogP contribution in [0.3, 0.4) is 0 Å². The number of carbonyl (C=O) groups is 1. The molecule has 0 saturated heterocycles. The van der Waals surface area contributed by atoms with Crippen molar-refractivity contribution in [3.63, 3.8) is 0 Å². The third kappa shape index (κ3) is 7.66. The van der Waals surface area contributed by atoms with Crippen LogP contribution in [0.1, 0.15) is 21.5 Å². The Labute approximate surface area is 167 Å². The van der Waals surface area contributed by atoms with Gasteiger partial charge >= 0.3 is 12.5 Å². The Balaban J connectivity index is 2.12. The number of amides is 1. The van der Waals surface area contributed by atoms with Crippen LogP contribution in [0.4, 0.5) is 26.3 Å². The SMILES string of the molecule is COc1ccc(C(=O)NNCC(F)(F)F)cc1/C=C/c1ccc(OC(F)(F)F)cc1. The van der Waals surface area contributed by atoms with E-state index in [0.29, 0.717) is 16.9 Å². The van der Waals surface area contributed by atoms with Gasteiger partial charge in [0.2, 0.25) is 0 Å². The lowest BCUT2D eigenvalue weighted by atomic mass is 10.1. The predicted octanol–water partition coefficient (Wildman–Crippen LogP) is 4.56. The van der Waals surface area contributed by atoms with E-state index in [2.05, 4.69) is 4.74 Å². The van der Waals surface area contributed by atoms with E-state index in [0.717, 1.165) is 12.1 Å². The molecule has 30 heavy (non-hydrogen) atoms. The van der Waals surface area contributed by atoms with Gasteiger partial charge in [-0.15, -0.1) is 13.2 Å². The number of methoxy groups -OCH3 is 1. The molecule has 0 radical (unpaired) electrons. The molecule has 0 aromatic heterocycles. The first-order valence-electron chi connectivity index (χ1n) is 8.29. The molecule has 0 aliphatic rings. The number of hydrogen-bond acceptors (Lipinski definition) is 4. The zero-order valence-electron chi connectivity index (χ0n) is 15.4. The van der Waals surface area contributed by atoms with E-state index < -0.39 is 25.0 Å². The minimum absolute atomic E-state index is 0.0686. The van der Waals surface area contributed by atoms with Crippen LogP contribution in [0.5, 0.6) is 11.5 Å². The first-order valence-corrected chi connectivity index (χ1v) is 8.29. The fourth-order valence-corrected chi connectivity index (χ4v) is 2.27. The number of alkyl halides is 6. The zero-order valence-corrected chi connectivity index (χ0v) is 15.4. The first kappa shape index (κ1) is 23.1. The van der Waals surface area contributed by atoms with Crippen molar-refractivity contribution < 1.29 is 40.6 Å². The largest absolute Gasteiger partial charge is 0.573 e. The van der Waals surface area contributed by atoms with Crippen molar-refractivity contribution in [1.82, 2.24) is 10.9 Å². The average molecular weight is 434 g/mol. The lowest BCUT2D eigenvalue weighted by Crippen LogP contribution is -2.42. The molecular weight excluding hydrogens is 418 g/mol. The van der Waals surface area contributed by atoms with Crippen LogP contribution in [0.15, 0.2) is 42.5 Å². The molecule has 0 bridgehead atoms. The first-order chi connectivity index (χ1) is 14.0. The van der Waals surface area contributed by atoms with Crippen LogP contribution in [-0.2, 0) is 0 Å². The van der Waals surface area contributed by atoms with Gasteiger partial charge in [0.25, 0.3) is 5.91 Å². The van der Waals surface area contributed by atoms with E-state index in [4.69, 9.17) is 4.74 Å². The van der Waals surface area contributed by atoms with Gasteiger partial charge in [-0.05, 0) is 35.9 Å². The van der Waals surface area contributed by atoms with Crippen LogP contribution in [0.2, 0.25) is 0 Å². The van der Waals surface area contributed by atoms with Crippen molar-refractivity contribution in [2.45, 2.75) is 12.5 Å². The van der Waals surface area contributed by atoms with Crippen LogP contribution < -0.4 is 20.3 Å². The molecule has 162 valence electrons. The number of hydrogen-bond donors (Lipinski definition) is 2. The van der Waals surface area contributed by atoms with E-state index in [9.17, 15) is 31.1 Å². The Kier molecular flexibility index (Phi) is 7.33. The molecule has 0 fully saturated rings. The maximum atomic E-state index is 12.2. The molecule has 1 amide bonds. The summed E-state index contributed by atoms with van der Waals surface area (Å²) < 4.78 is 81.9. The van der Waals surface area contributed by atoms with E-state index in [1.807, 2.05) is 5.43 Å². The van der Waals surface area contributed by atoms with Crippen LogP contribution >= 0.6 is 0 Å². The topological polar surface area (TPSA) is 59.6 Å². The Bertz CT molecular complexity index is 893. The van der Waals surface area contributed by atoms with Gasteiger partial charge in [0.05, 0.1) is 7.11 Å². The smallest absolute Gasteiger partial charge is 0.496 e. The summed E-state index contributed by atoms with van der Waals surface area (Å²) in [5.41, 5.74) is 4.76. The van der Waals surface area contributed by atoms with Gasteiger partial charge in [-0.25, -0.2) is 5.43 Å². The van der Waals surface area contributed by atoms with E-state index in [-0.39, 0.29) is 11.3 Å². The molecule has 2 N–H and O–H groups in total. The zero-order chi connectivity index (χ0) is 22.4. The molecule has 2 aromatic rings. The van der Waals surface area contributed by atoms with Gasteiger partial charge in [-0.2, -0.15) is 13.2 Å². The predicted molar refractivity (Wildman–Crippen MR) is 96.6 cm³/mol. The summed E-state index contributed by atoms with van der Waals surface area (Å²) in [5, 5.41) is 0. The van der Waals surface area contributed by atoms with E-state index >= 15 is 0 Å². The monoisotopic (exact) mass is 434 g/mol. The second kappa shape index (κ2) is 9.53. The van der Waals surface area contributed by atoms with Crippen molar-refractivity contribution in [3.8, 4) is 11.5 Å². The number of halogens is 6. The van der Waals surface area contributed by atoms with E-state index in [1.54, 1.807) is 17.6 Å². The lowest BCUT2D eigenvalue weighted by molar-refractivity contribution is -0.274. The highest BCUT2D eigenvalue weighted by molar-refractivity contribution is 5.95. The lowest BCUT2D eigenvalue weighted by Gasteiger charge is -2.11. The summed E-state index contributed by atoms with van der Waals surface area (Å²) in [7, 11) is 1.39. The molecule has 2 rings (SSSR count). The third-order valence-electron chi connectivity index (χ3n) is 3.55. The number of rotatable bonds is 7. The normalized spacial score (nSPS) is 12.1. The van der Waals surface area contributed by atoms with Gasteiger partial charge in [0, 0.05) is 11.1 Å². The van der Waals surface area contributed by atoms with Gasteiger partial charge < -0.3 is 9.47 Å². The Hall–Kier alpha value is -3.21. The molecule has 0 heterocycles. The number of nitrogens with one attached hydrogen (secondary N) is 2. The van der Waals surface area contributed by atoms with Crippen molar-refractivity contribution >= 4 is 18.1 Å². The Morgan fingerprint density at radius 3 is 2.23 bits per heavy atom. The van der Waals surface area contributed by atoms with Gasteiger partial charge in [-0.3, -0.25) is 10.2 Å². The van der Waals surface area contributed by atoms with E-state index in [1.165, 1.54) is 37.4 Å². The maximum Gasteiger partial charge on any atom is 0.573 e. The summed E-state index contributed by atoms with van der Waals surface area (Å²) in [5.74, 6) is -0.782. The standard InChI is InChI=1S/C19H16F6N2O3/c1-29-16-9-6-14(17(28)27-26-11-18(20,21)22)10-13(16)5-2-12-3-7-15(8-4-12)30-19(23,24)25/h2-10,26H,11H2,1H3,(H,27,28)/b5-2+. The highest BCUT2D eigenvalue weighted by atomic mass is 19.4. The molecule has 5 nitrogen and oxygen atoms in total.